The van der Waals surface area contributed by atoms with Gasteiger partial charge in [0.25, 0.3) is 0 Å². The van der Waals surface area contributed by atoms with Crippen molar-refractivity contribution < 1.29 is 0 Å². The Morgan fingerprint density at radius 2 is 0.761 bits per heavy atom. The Morgan fingerprint density at radius 1 is 0.370 bits per heavy atom. The standard InChI is InChI=1S/C43H29N3/c1-3-11-29(12-4-1)31-19-23-33(24-20-31)40-44-41(34-25-21-32(22-26-34)30-13-5-2-6-14-30)46-42(45-40)43-28-27-35(36-15-7-9-17-38(36)43)37-16-8-10-18-39(37)43/h1-28,35H. The monoisotopic (exact) mass is 587 g/mol. The van der Waals surface area contributed by atoms with E-state index in [9.17, 15) is 0 Å². The fraction of sp³-hybridized carbons (Fsp3) is 0.0465. The van der Waals surface area contributed by atoms with Crippen LogP contribution in [-0.4, -0.2) is 15.0 Å². The van der Waals surface area contributed by atoms with Crippen LogP contribution in [0.25, 0.3) is 45.0 Å². The molecule has 0 N–H and O–H groups in total. The van der Waals surface area contributed by atoms with Gasteiger partial charge >= 0.3 is 0 Å². The lowest BCUT2D eigenvalue weighted by molar-refractivity contribution is 0.629. The second-order valence-corrected chi connectivity index (χ2v) is 12.0. The largest absolute Gasteiger partial charge is 0.211 e. The highest BCUT2D eigenvalue weighted by Crippen LogP contribution is 2.54. The van der Waals surface area contributed by atoms with Crippen LogP contribution < -0.4 is 0 Å². The lowest BCUT2D eigenvalue weighted by atomic mass is 9.58. The molecule has 0 saturated heterocycles. The smallest absolute Gasteiger partial charge is 0.163 e. The Balaban J connectivity index is 1.24. The Labute approximate surface area is 268 Å². The second-order valence-electron chi connectivity index (χ2n) is 12.0. The molecule has 216 valence electrons. The highest BCUT2D eigenvalue weighted by Gasteiger charge is 2.48. The molecule has 3 aliphatic rings. The third-order valence-electron chi connectivity index (χ3n) is 9.47. The van der Waals surface area contributed by atoms with E-state index < -0.39 is 5.41 Å². The van der Waals surface area contributed by atoms with Gasteiger partial charge in [0.15, 0.2) is 17.5 Å². The van der Waals surface area contributed by atoms with E-state index in [1.807, 2.05) is 12.1 Å². The summed E-state index contributed by atoms with van der Waals surface area (Å²) in [4.78, 5) is 15.7. The predicted octanol–water partition coefficient (Wildman–Crippen LogP) is 9.89. The van der Waals surface area contributed by atoms with Crippen LogP contribution in [0.5, 0.6) is 0 Å². The maximum absolute atomic E-state index is 5.31. The van der Waals surface area contributed by atoms with Crippen LogP contribution >= 0.6 is 0 Å². The first-order valence-electron chi connectivity index (χ1n) is 15.7. The van der Waals surface area contributed by atoms with Crippen molar-refractivity contribution in [1.29, 1.82) is 0 Å². The second kappa shape index (κ2) is 10.6. The first-order valence-corrected chi connectivity index (χ1v) is 15.7. The van der Waals surface area contributed by atoms with Gasteiger partial charge < -0.3 is 0 Å². The molecule has 10 rings (SSSR count). The molecule has 0 saturated carbocycles. The van der Waals surface area contributed by atoms with Crippen molar-refractivity contribution >= 4 is 0 Å². The molecule has 0 amide bonds. The summed E-state index contributed by atoms with van der Waals surface area (Å²) in [5, 5.41) is 0. The van der Waals surface area contributed by atoms with Crippen molar-refractivity contribution in [1.82, 2.24) is 15.0 Å². The predicted molar refractivity (Wildman–Crippen MR) is 185 cm³/mol. The molecule has 0 atom stereocenters. The Hall–Kier alpha value is -5.93. The van der Waals surface area contributed by atoms with E-state index in [0.717, 1.165) is 28.1 Å². The maximum atomic E-state index is 5.31. The van der Waals surface area contributed by atoms with Gasteiger partial charge in [0.05, 0.1) is 5.41 Å². The molecular formula is C43H29N3. The lowest BCUT2D eigenvalue weighted by Crippen LogP contribution is -2.39. The average molecular weight is 588 g/mol. The van der Waals surface area contributed by atoms with Gasteiger partial charge in [-0.3, -0.25) is 0 Å². The van der Waals surface area contributed by atoms with Crippen molar-refractivity contribution in [3.05, 3.63) is 198 Å². The molecule has 0 aliphatic heterocycles. The summed E-state index contributed by atoms with van der Waals surface area (Å²) in [7, 11) is 0. The summed E-state index contributed by atoms with van der Waals surface area (Å²) in [6.07, 6.45) is 4.65. The van der Waals surface area contributed by atoms with E-state index in [1.54, 1.807) is 0 Å². The van der Waals surface area contributed by atoms with Gasteiger partial charge in [-0.25, -0.2) is 15.0 Å². The molecule has 0 spiro atoms. The minimum atomic E-state index is -0.623. The third-order valence-corrected chi connectivity index (χ3v) is 9.47. The van der Waals surface area contributed by atoms with Crippen molar-refractivity contribution in [2.24, 2.45) is 0 Å². The molecule has 46 heavy (non-hydrogen) atoms. The molecule has 3 nitrogen and oxygen atoms in total. The summed E-state index contributed by atoms with van der Waals surface area (Å²) in [5.41, 5.74) is 11.1. The Morgan fingerprint density at radius 3 is 1.24 bits per heavy atom. The van der Waals surface area contributed by atoms with Crippen LogP contribution in [0.3, 0.4) is 0 Å². The van der Waals surface area contributed by atoms with Crippen molar-refractivity contribution in [2.75, 3.05) is 0 Å². The van der Waals surface area contributed by atoms with Gasteiger partial charge in [-0.05, 0) is 44.5 Å². The van der Waals surface area contributed by atoms with E-state index in [1.165, 1.54) is 33.4 Å². The topological polar surface area (TPSA) is 38.7 Å². The minimum absolute atomic E-state index is 0.228. The molecule has 2 bridgehead atoms. The van der Waals surface area contributed by atoms with Crippen molar-refractivity contribution in [2.45, 2.75) is 11.3 Å². The number of nitrogens with zero attached hydrogens (tertiary/aromatic N) is 3. The zero-order valence-corrected chi connectivity index (χ0v) is 25.1. The summed E-state index contributed by atoms with van der Waals surface area (Å²) in [6, 6.07) is 55.5. The molecule has 0 fully saturated rings. The first-order chi connectivity index (χ1) is 22.8. The first kappa shape index (κ1) is 26.5. The average Bonchev–Trinajstić information content (AvgIpc) is 3.16. The SMILES string of the molecule is C1=CC2(c3nc(-c4ccc(-c5ccccc5)cc4)nc(-c4ccc(-c5ccccc5)cc4)n3)c3ccccc3C1c1ccccc12. The van der Waals surface area contributed by atoms with E-state index >= 15 is 0 Å². The van der Waals surface area contributed by atoms with Crippen LogP contribution in [0.2, 0.25) is 0 Å². The number of benzene rings is 6. The fourth-order valence-corrected chi connectivity index (χ4v) is 7.21. The van der Waals surface area contributed by atoms with E-state index in [0.29, 0.717) is 11.6 Å². The summed E-state index contributed by atoms with van der Waals surface area (Å²) < 4.78 is 0. The molecule has 3 aliphatic carbocycles. The Bertz CT molecular complexity index is 2090. The quantitative estimate of drug-likeness (QED) is 0.188. The van der Waals surface area contributed by atoms with Gasteiger partial charge in [-0.15, -0.1) is 0 Å². The molecule has 0 radical (unpaired) electrons. The molecular weight excluding hydrogens is 558 g/mol. The maximum Gasteiger partial charge on any atom is 0.163 e. The molecule has 1 aromatic heterocycles. The van der Waals surface area contributed by atoms with Crippen molar-refractivity contribution in [3.63, 3.8) is 0 Å². The van der Waals surface area contributed by atoms with Crippen LogP contribution in [0.15, 0.2) is 170 Å². The molecule has 0 unspecified atom stereocenters. The van der Waals surface area contributed by atoms with Gasteiger partial charge in [-0.2, -0.15) is 0 Å². The van der Waals surface area contributed by atoms with Crippen molar-refractivity contribution in [3.8, 4) is 45.0 Å². The third kappa shape index (κ3) is 4.17. The van der Waals surface area contributed by atoms with E-state index in [-0.39, 0.29) is 5.92 Å². The van der Waals surface area contributed by atoms with Gasteiger partial charge in [-0.1, -0.05) is 170 Å². The minimum Gasteiger partial charge on any atom is -0.211 e. The zero-order valence-electron chi connectivity index (χ0n) is 25.1. The van der Waals surface area contributed by atoms with E-state index in [2.05, 4.69) is 158 Å². The van der Waals surface area contributed by atoms with Gasteiger partial charge in [0.1, 0.15) is 0 Å². The van der Waals surface area contributed by atoms with Gasteiger partial charge in [0.2, 0.25) is 0 Å². The molecule has 7 aromatic rings. The highest BCUT2D eigenvalue weighted by molar-refractivity contribution is 5.73. The fourth-order valence-electron chi connectivity index (χ4n) is 7.21. The van der Waals surface area contributed by atoms with Crippen LogP contribution in [-0.2, 0) is 5.41 Å². The van der Waals surface area contributed by atoms with Gasteiger partial charge in [0, 0.05) is 17.0 Å². The number of hydrogen-bond donors (Lipinski definition) is 0. The summed E-state index contributed by atoms with van der Waals surface area (Å²) in [6.45, 7) is 0. The number of allylic oxidation sites excluding steroid dienone is 2. The highest BCUT2D eigenvalue weighted by atomic mass is 15.0. The van der Waals surface area contributed by atoms with Crippen LogP contribution in [0.4, 0.5) is 0 Å². The number of rotatable bonds is 5. The van der Waals surface area contributed by atoms with E-state index in [4.69, 9.17) is 15.0 Å². The zero-order chi connectivity index (χ0) is 30.5. The molecule has 6 aromatic carbocycles. The summed E-state index contributed by atoms with van der Waals surface area (Å²) >= 11 is 0. The Kier molecular flexibility index (Phi) is 6.10. The molecule has 1 heterocycles. The normalized spacial score (nSPS) is 17.3. The van der Waals surface area contributed by atoms with Crippen LogP contribution in [0, 0.1) is 0 Å². The lowest BCUT2D eigenvalue weighted by Gasteiger charge is -2.44. The number of aromatic nitrogens is 3. The number of hydrogen-bond acceptors (Lipinski definition) is 3. The summed E-state index contributed by atoms with van der Waals surface area (Å²) in [5.74, 6) is 2.29. The molecule has 3 heteroatoms. The van der Waals surface area contributed by atoms with Crippen LogP contribution in [0.1, 0.15) is 34.0 Å².